The van der Waals surface area contributed by atoms with Crippen molar-refractivity contribution >= 4 is 22.3 Å². The Balaban J connectivity index is 1.68. The van der Waals surface area contributed by atoms with E-state index in [1.54, 1.807) is 6.20 Å². The molecule has 1 atom stereocenters. The number of likely N-dealkylation sites (N-methyl/N-ethyl adjacent to an activating group) is 1. The Labute approximate surface area is 199 Å². The third-order valence-electron chi connectivity index (χ3n) is 6.60. The molecule has 5 rings (SSSR count). The van der Waals surface area contributed by atoms with Crippen molar-refractivity contribution < 1.29 is 0 Å². The molecular weight excluding hydrogens is 424 g/mol. The van der Waals surface area contributed by atoms with Gasteiger partial charge in [0.1, 0.15) is 12.1 Å². The van der Waals surface area contributed by atoms with Crippen LogP contribution in [0.2, 0.25) is 0 Å². The van der Waals surface area contributed by atoms with Crippen LogP contribution in [0.25, 0.3) is 16.5 Å². The number of aromatic nitrogens is 3. The molecule has 7 heteroatoms. The average Bonchev–Trinajstić information content (AvgIpc) is 2.86. The summed E-state index contributed by atoms with van der Waals surface area (Å²) in [7, 11) is 2.14. The van der Waals surface area contributed by atoms with Crippen molar-refractivity contribution in [2.24, 2.45) is 0 Å². The number of hydrogen-bond donors (Lipinski definition) is 1. The van der Waals surface area contributed by atoms with E-state index >= 15 is 0 Å². The minimum Gasteiger partial charge on any atom is -0.368 e. The number of pyridine rings is 1. The summed E-state index contributed by atoms with van der Waals surface area (Å²) in [5.74, 6) is 0.765. The quantitative estimate of drug-likeness (QED) is 0.492. The van der Waals surface area contributed by atoms with E-state index in [0.717, 1.165) is 65.4 Å². The van der Waals surface area contributed by atoms with E-state index in [2.05, 4.69) is 57.3 Å². The van der Waals surface area contributed by atoms with Crippen LogP contribution in [0.4, 0.5) is 11.5 Å². The lowest BCUT2D eigenvalue weighted by Crippen LogP contribution is -2.45. The second kappa shape index (κ2) is 9.27. The molecule has 174 valence electrons. The number of fused-ring (bicyclic) bond motifs is 1. The Morgan fingerprint density at radius 1 is 1.00 bits per heavy atom. The van der Waals surface area contributed by atoms with E-state index < -0.39 is 0 Å². The van der Waals surface area contributed by atoms with E-state index in [-0.39, 0.29) is 11.6 Å². The fourth-order valence-electron chi connectivity index (χ4n) is 4.67. The molecule has 0 spiro atoms. The molecule has 1 aliphatic heterocycles. The molecule has 0 saturated carbocycles. The van der Waals surface area contributed by atoms with Crippen LogP contribution in [0.1, 0.15) is 24.2 Å². The van der Waals surface area contributed by atoms with Crippen LogP contribution in [0.3, 0.4) is 0 Å². The molecule has 2 aromatic carbocycles. The highest BCUT2D eigenvalue weighted by molar-refractivity contribution is 5.94. The molecule has 1 saturated heterocycles. The van der Waals surface area contributed by atoms with Crippen LogP contribution < -0.4 is 15.8 Å². The molecule has 1 fully saturated rings. The van der Waals surface area contributed by atoms with E-state index in [4.69, 9.17) is 0 Å². The average molecular weight is 455 g/mol. The van der Waals surface area contributed by atoms with Gasteiger partial charge >= 0.3 is 0 Å². The van der Waals surface area contributed by atoms with Crippen LogP contribution in [-0.2, 0) is 0 Å². The van der Waals surface area contributed by atoms with Crippen molar-refractivity contribution in [2.75, 3.05) is 43.4 Å². The number of piperazine rings is 1. The van der Waals surface area contributed by atoms with Gasteiger partial charge in [-0.2, -0.15) is 0 Å². The number of hydrogen-bond acceptors (Lipinski definition) is 6. The van der Waals surface area contributed by atoms with E-state index in [0.29, 0.717) is 0 Å². The molecule has 1 unspecified atom stereocenters. The fraction of sp³-hybridized carbons (Fsp3) is 0.296. The molecular formula is C27H30N6O. The monoisotopic (exact) mass is 454 g/mol. The molecule has 1 aliphatic rings. The van der Waals surface area contributed by atoms with Crippen molar-refractivity contribution in [2.45, 2.75) is 19.9 Å². The second-order valence-electron chi connectivity index (χ2n) is 9.00. The predicted molar refractivity (Wildman–Crippen MR) is 138 cm³/mol. The summed E-state index contributed by atoms with van der Waals surface area (Å²) in [5, 5.41) is 5.21. The van der Waals surface area contributed by atoms with Gasteiger partial charge in [0.25, 0.3) is 5.56 Å². The summed E-state index contributed by atoms with van der Waals surface area (Å²) in [4.78, 5) is 27.3. The smallest absolute Gasteiger partial charge is 0.265 e. The lowest BCUT2D eigenvalue weighted by atomic mass is 10.0. The molecule has 0 aliphatic carbocycles. The highest BCUT2D eigenvalue weighted by atomic mass is 16.1. The predicted octanol–water partition coefficient (Wildman–Crippen LogP) is 4.01. The van der Waals surface area contributed by atoms with Gasteiger partial charge in [0, 0.05) is 49.3 Å². The molecule has 34 heavy (non-hydrogen) atoms. The molecule has 1 N–H and O–H groups in total. The normalized spacial score (nSPS) is 15.4. The van der Waals surface area contributed by atoms with E-state index in [1.165, 1.54) is 6.33 Å². The maximum Gasteiger partial charge on any atom is 0.265 e. The maximum atomic E-state index is 14.2. The third-order valence-corrected chi connectivity index (χ3v) is 6.60. The van der Waals surface area contributed by atoms with Crippen LogP contribution in [0.15, 0.2) is 71.9 Å². The first-order valence-electron chi connectivity index (χ1n) is 11.7. The molecule has 7 nitrogen and oxygen atoms in total. The Bertz CT molecular complexity index is 1360. The number of nitrogens with one attached hydrogen (secondary N) is 1. The molecule has 2 aromatic heterocycles. The number of para-hydroxylation sites is 1. The third kappa shape index (κ3) is 4.15. The van der Waals surface area contributed by atoms with Gasteiger partial charge in [0.2, 0.25) is 0 Å². The Kier molecular flexibility index (Phi) is 6.02. The SMILES string of the molecule is Cc1cncnc1NC(C)c1cc2cccc(N3CCN(C)CC3)c2c(=O)n1-c1ccccc1. The molecule has 0 bridgehead atoms. The van der Waals surface area contributed by atoms with Crippen molar-refractivity contribution in [1.29, 1.82) is 0 Å². The number of rotatable bonds is 5. The summed E-state index contributed by atoms with van der Waals surface area (Å²) < 4.78 is 1.84. The lowest BCUT2D eigenvalue weighted by Gasteiger charge is -2.34. The van der Waals surface area contributed by atoms with Gasteiger partial charge in [-0.05, 0) is 50.5 Å². The first-order chi connectivity index (χ1) is 16.5. The number of benzene rings is 2. The molecule has 3 heterocycles. The second-order valence-corrected chi connectivity index (χ2v) is 9.00. The Morgan fingerprint density at radius 3 is 2.50 bits per heavy atom. The zero-order chi connectivity index (χ0) is 23.7. The summed E-state index contributed by atoms with van der Waals surface area (Å²) in [6, 6.07) is 18.0. The first-order valence-corrected chi connectivity index (χ1v) is 11.7. The fourth-order valence-corrected chi connectivity index (χ4v) is 4.67. The number of nitrogens with zero attached hydrogens (tertiary/aromatic N) is 5. The Morgan fingerprint density at radius 2 is 1.76 bits per heavy atom. The van der Waals surface area contributed by atoms with Gasteiger partial charge in [0.05, 0.1) is 17.1 Å². The van der Waals surface area contributed by atoms with Gasteiger partial charge in [-0.25, -0.2) is 9.97 Å². The summed E-state index contributed by atoms with van der Waals surface area (Å²) >= 11 is 0. The highest BCUT2D eigenvalue weighted by Gasteiger charge is 2.22. The molecule has 4 aromatic rings. The number of anilines is 2. The van der Waals surface area contributed by atoms with Crippen molar-refractivity contribution in [1.82, 2.24) is 19.4 Å². The van der Waals surface area contributed by atoms with Crippen LogP contribution in [0.5, 0.6) is 0 Å². The lowest BCUT2D eigenvalue weighted by molar-refractivity contribution is 0.313. The highest BCUT2D eigenvalue weighted by Crippen LogP contribution is 2.29. The zero-order valence-electron chi connectivity index (χ0n) is 19.9. The van der Waals surface area contributed by atoms with Crippen LogP contribution in [-0.4, -0.2) is 52.7 Å². The maximum absolute atomic E-state index is 14.2. The van der Waals surface area contributed by atoms with Gasteiger partial charge in [0.15, 0.2) is 0 Å². The van der Waals surface area contributed by atoms with E-state index in [1.807, 2.05) is 47.9 Å². The van der Waals surface area contributed by atoms with E-state index in [9.17, 15) is 4.79 Å². The van der Waals surface area contributed by atoms with Crippen molar-refractivity contribution in [3.05, 3.63) is 88.7 Å². The largest absolute Gasteiger partial charge is 0.368 e. The summed E-state index contributed by atoms with van der Waals surface area (Å²) in [6.45, 7) is 7.83. The Hall–Kier alpha value is -3.71. The van der Waals surface area contributed by atoms with Crippen LogP contribution >= 0.6 is 0 Å². The molecule has 0 radical (unpaired) electrons. The van der Waals surface area contributed by atoms with Gasteiger partial charge in [-0.15, -0.1) is 0 Å². The van der Waals surface area contributed by atoms with Crippen LogP contribution in [0, 0.1) is 6.92 Å². The molecule has 0 amide bonds. The standard InChI is InChI=1S/C27H30N6O/c1-19-17-28-18-29-26(19)30-20(2)24-16-21-8-7-11-23(32-14-12-31(3)13-15-32)25(21)27(34)33(24)22-9-5-4-6-10-22/h4-11,16-18,20H,12-15H2,1-3H3,(H,28,29,30). The summed E-state index contributed by atoms with van der Waals surface area (Å²) in [5.41, 5.74) is 3.71. The topological polar surface area (TPSA) is 66.3 Å². The summed E-state index contributed by atoms with van der Waals surface area (Å²) in [6.07, 6.45) is 3.32. The minimum absolute atomic E-state index is 0.00119. The van der Waals surface area contributed by atoms with Crippen molar-refractivity contribution in [3.63, 3.8) is 0 Å². The van der Waals surface area contributed by atoms with Crippen molar-refractivity contribution in [3.8, 4) is 5.69 Å². The zero-order valence-corrected chi connectivity index (χ0v) is 19.9. The number of aryl methyl sites for hydroxylation is 1. The minimum atomic E-state index is -0.154. The van der Waals surface area contributed by atoms with Gasteiger partial charge < -0.3 is 15.1 Å². The van der Waals surface area contributed by atoms with Gasteiger partial charge in [-0.1, -0.05) is 30.3 Å². The van der Waals surface area contributed by atoms with Gasteiger partial charge in [-0.3, -0.25) is 9.36 Å². The first kappa shape index (κ1) is 22.1.